The van der Waals surface area contributed by atoms with Gasteiger partial charge in [0, 0.05) is 65.6 Å². The van der Waals surface area contributed by atoms with Gasteiger partial charge in [0.2, 0.25) is 5.43 Å². The molecule has 0 aromatic heterocycles. The summed E-state index contributed by atoms with van der Waals surface area (Å²) in [6.45, 7) is 12.6. The van der Waals surface area contributed by atoms with E-state index in [9.17, 15) is 34.5 Å². The highest BCUT2D eigenvalue weighted by molar-refractivity contribution is 9.10. The number of amides is 1. The first-order chi connectivity index (χ1) is 27.3. The number of aliphatic hydroxyl groups excluding tert-OH is 2. The number of Topliss-reactive ketones (excluding diaryl/α,β-unsaturated/α-hetero) is 1. The Morgan fingerprint density at radius 2 is 1.71 bits per heavy atom. The largest absolute Gasteiger partial charge is 0.507 e. The SMILES string of the molecule is CO[C@H]1/C=C/O[C@@]2(C)Oc3c(C)c(O)c4c(=O)c(c5oc6cc(Br)ccc6nc-5c4c3C2=O)NC(=O)/C(C)=C\C=C\[C@H](C)[C@H](O)[C@@H](C)[C@@H](O)[C@@H](C)[C@H](OC(C)=O)[C@@H]1C. The first-order valence-corrected chi connectivity index (χ1v) is 19.7. The number of ether oxygens (including phenoxy) is 4. The molecule has 4 bridgehead atoms. The highest BCUT2D eigenvalue weighted by atomic mass is 79.9. The van der Waals surface area contributed by atoms with Gasteiger partial charge >= 0.3 is 11.8 Å². The number of nitrogens with zero attached hydrogens (tertiary/aromatic N) is 1. The van der Waals surface area contributed by atoms with Gasteiger partial charge in [0.25, 0.3) is 11.7 Å². The lowest BCUT2D eigenvalue weighted by molar-refractivity contribution is -0.160. The van der Waals surface area contributed by atoms with Crippen LogP contribution in [0.3, 0.4) is 0 Å². The number of fused-ring (bicyclic) bond motifs is 2. The number of phenolic OH excluding ortho intramolecular Hbond substituents is 1. The van der Waals surface area contributed by atoms with E-state index >= 15 is 0 Å². The van der Waals surface area contributed by atoms with Crippen LogP contribution in [0.4, 0.5) is 5.69 Å². The minimum atomic E-state index is -2.02. The number of phenols is 1. The summed E-state index contributed by atoms with van der Waals surface area (Å²) in [6, 6.07) is 5.04. The second kappa shape index (κ2) is 16.3. The van der Waals surface area contributed by atoms with Crippen molar-refractivity contribution in [2.24, 2.45) is 23.7 Å². The van der Waals surface area contributed by atoms with Gasteiger partial charge in [0.1, 0.15) is 34.5 Å². The van der Waals surface area contributed by atoms with Crippen LogP contribution in [0.15, 0.2) is 68.0 Å². The predicted molar refractivity (Wildman–Crippen MR) is 219 cm³/mol. The standard InChI is InChI=1S/C43H47BrN2O12/c1-18-11-10-12-19(2)42(53)46-33-37(51)30-29(32-40(33)57-28-17-25(44)13-14-26(28)45-32)31-39(23(6)36(30)50)58-43(8,41(31)52)55-16-15-27(54-9)20(3)38(56-24(7)47)22(5)35(49)21(4)34(18)48/h10-18,20-22,27,34-35,38,48-50H,1-9H3,(H,46,53)/b11-10+,16-15+,19-12-/t18-,20+,21+,22+,27-,34-,35+,38+,43-/m0/s1. The van der Waals surface area contributed by atoms with Gasteiger partial charge in [-0.25, -0.2) is 4.98 Å². The number of hydrogen-bond donors (Lipinski definition) is 4. The number of aromatic hydroxyl groups is 1. The first kappa shape index (κ1) is 42.5. The second-order valence-electron chi connectivity index (χ2n) is 15.3. The lowest BCUT2D eigenvalue weighted by atomic mass is 9.78. The van der Waals surface area contributed by atoms with E-state index in [1.54, 1.807) is 58.0 Å². The number of benzene rings is 3. The van der Waals surface area contributed by atoms with Crippen LogP contribution in [0.5, 0.6) is 11.5 Å². The van der Waals surface area contributed by atoms with E-state index in [0.717, 1.165) is 0 Å². The number of nitrogens with one attached hydrogen (secondary N) is 1. The number of carbonyl (C=O) groups is 3. The van der Waals surface area contributed by atoms with E-state index in [2.05, 4.69) is 21.2 Å². The molecule has 9 atom stereocenters. The molecule has 0 radical (unpaired) electrons. The van der Waals surface area contributed by atoms with Crippen molar-refractivity contribution >= 4 is 61.1 Å². The summed E-state index contributed by atoms with van der Waals surface area (Å²) in [5, 5.41) is 36.8. The zero-order valence-electron chi connectivity index (χ0n) is 33.6. The van der Waals surface area contributed by atoms with Crippen molar-refractivity contribution in [3.63, 3.8) is 0 Å². The smallest absolute Gasteiger partial charge is 0.312 e. The van der Waals surface area contributed by atoms with Crippen LogP contribution in [-0.2, 0) is 23.8 Å². The van der Waals surface area contributed by atoms with Gasteiger partial charge in [-0.2, -0.15) is 0 Å². The fourth-order valence-electron chi connectivity index (χ4n) is 7.78. The number of carbonyl (C=O) groups excluding carboxylic acids is 3. The molecule has 0 unspecified atom stereocenters. The quantitative estimate of drug-likeness (QED) is 0.0941. The van der Waals surface area contributed by atoms with Crippen LogP contribution in [0.2, 0.25) is 0 Å². The monoisotopic (exact) mass is 862 g/mol. The molecule has 0 fully saturated rings. The predicted octanol–water partition coefficient (Wildman–Crippen LogP) is 6.71. The average molecular weight is 864 g/mol. The Morgan fingerprint density at radius 1 is 1.00 bits per heavy atom. The Bertz CT molecular complexity index is 2440. The molecule has 0 saturated carbocycles. The van der Waals surface area contributed by atoms with Gasteiger partial charge in [-0.05, 0) is 38.1 Å². The van der Waals surface area contributed by atoms with E-state index < -0.39 is 82.7 Å². The summed E-state index contributed by atoms with van der Waals surface area (Å²) < 4.78 is 30.7. The number of aliphatic hydroxyl groups is 2. The number of ketones is 1. The van der Waals surface area contributed by atoms with Crippen molar-refractivity contribution in [1.82, 2.24) is 4.98 Å². The lowest BCUT2D eigenvalue weighted by Crippen LogP contribution is -2.46. The summed E-state index contributed by atoms with van der Waals surface area (Å²) in [4.78, 5) is 59.9. The third-order valence-corrected chi connectivity index (χ3v) is 11.8. The molecule has 2 aromatic carbocycles. The van der Waals surface area contributed by atoms with Gasteiger partial charge in [0.05, 0.1) is 35.5 Å². The number of halogens is 1. The fraction of sp³-hybridized carbons (Fsp3) is 0.419. The third-order valence-electron chi connectivity index (χ3n) is 11.3. The average Bonchev–Trinajstić information content (AvgIpc) is 3.45. The van der Waals surface area contributed by atoms with Crippen molar-refractivity contribution in [3.05, 3.63) is 80.2 Å². The zero-order valence-corrected chi connectivity index (χ0v) is 35.2. The maximum absolute atomic E-state index is 14.6. The van der Waals surface area contributed by atoms with E-state index in [0.29, 0.717) is 9.99 Å². The number of aromatic nitrogens is 1. The van der Waals surface area contributed by atoms with Gasteiger partial charge in [-0.15, -0.1) is 0 Å². The Labute approximate surface area is 343 Å². The van der Waals surface area contributed by atoms with Gasteiger partial charge < -0.3 is 44.0 Å². The fourth-order valence-corrected chi connectivity index (χ4v) is 8.12. The molecule has 6 rings (SSSR count). The number of rotatable bonds is 2. The molecule has 4 N–H and O–H groups in total. The van der Waals surface area contributed by atoms with E-state index in [-0.39, 0.29) is 55.9 Å². The highest BCUT2D eigenvalue weighted by Crippen LogP contribution is 2.50. The van der Waals surface area contributed by atoms with Crippen LogP contribution in [0.1, 0.15) is 64.4 Å². The molecule has 14 nitrogen and oxygen atoms in total. The Hall–Kier alpha value is -5.09. The number of hydrogen-bond acceptors (Lipinski definition) is 13. The minimum absolute atomic E-state index is 0.00276. The molecule has 308 valence electrons. The molecule has 3 heterocycles. The van der Waals surface area contributed by atoms with Crippen LogP contribution < -0.4 is 15.5 Å². The number of esters is 1. The van der Waals surface area contributed by atoms with Crippen LogP contribution in [0, 0.1) is 30.6 Å². The minimum Gasteiger partial charge on any atom is -0.507 e. The Morgan fingerprint density at radius 3 is 2.38 bits per heavy atom. The van der Waals surface area contributed by atoms with Crippen LogP contribution in [-0.4, -0.2) is 75.3 Å². The zero-order chi connectivity index (χ0) is 42.5. The maximum Gasteiger partial charge on any atom is 0.312 e. The number of anilines is 1. The summed E-state index contributed by atoms with van der Waals surface area (Å²) in [5.41, 5.74) is -0.396. The van der Waals surface area contributed by atoms with Crippen molar-refractivity contribution in [2.45, 2.75) is 85.6 Å². The first-order valence-electron chi connectivity index (χ1n) is 18.9. The molecule has 1 amide bonds. The van der Waals surface area contributed by atoms with E-state index in [1.165, 1.54) is 53.2 Å². The molecular weight excluding hydrogens is 816 g/mol. The maximum atomic E-state index is 14.6. The Balaban J connectivity index is 1.58. The van der Waals surface area contributed by atoms with Gasteiger partial charge in [0.15, 0.2) is 11.3 Å². The molecule has 0 saturated heterocycles. The molecule has 3 aliphatic heterocycles. The van der Waals surface area contributed by atoms with Crippen molar-refractivity contribution in [1.29, 1.82) is 0 Å². The van der Waals surface area contributed by atoms with Crippen molar-refractivity contribution < 1.29 is 53.1 Å². The highest BCUT2D eigenvalue weighted by Gasteiger charge is 2.50. The van der Waals surface area contributed by atoms with E-state index in [1.807, 2.05) is 0 Å². The van der Waals surface area contributed by atoms with Crippen LogP contribution in [0.25, 0.3) is 33.3 Å². The molecular formula is C43H47BrN2O12. The molecule has 58 heavy (non-hydrogen) atoms. The lowest BCUT2D eigenvalue weighted by Gasteiger charge is -2.38. The van der Waals surface area contributed by atoms with E-state index in [4.69, 9.17) is 28.3 Å². The normalized spacial score (nSPS) is 30.4. The summed E-state index contributed by atoms with van der Waals surface area (Å²) in [7, 11) is 1.44. The van der Waals surface area contributed by atoms with Gasteiger partial charge in [-0.1, -0.05) is 61.9 Å². The number of allylic oxidation sites excluding steroid dienone is 2. The van der Waals surface area contributed by atoms with Gasteiger partial charge in [-0.3, -0.25) is 19.2 Å². The van der Waals surface area contributed by atoms with Crippen molar-refractivity contribution in [3.8, 4) is 23.0 Å². The molecule has 15 heteroatoms. The Kier molecular flexibility index (Phi) is 11.9. The summed E-state index contributed by atoms with van der Waals surface area (Å²) in [5.74, 6) is -7.14. The molecule has 1 aliphatic carbocycles. The summed E-state index contributed by atoms with van der Waals surface area (Å²) >= 11 is 3.42. The second-order valence-corrected chi connectivity index (χ2v) is 16.3. The molecule has 2 aromatic rings. The topological polar surface area (TPSA) is 204 Å². The van der Waals surface area contributed by atoms with Crippen molar-refractivity contribution in [2.75, 3.05) is 12.4 Å². The molecule has 4 aliphatic rings. The molecule has 0 spiro atoms. The summed E-state index contributed by atoms with van der Waals surface area (Å²) in [6.07, 6.45) is 3.62. The third kappa shape index (κ3) is 7.51. The van der Waals surface area contributed by atoms with Crippen LogP contribution >= 0.6 is 15.9 Å². The number of methoxy groups -OCH3 is 1.